The topological polar surface area (TPSA) is 0 Å². The first kappa shape index (κ1) is 14.9. The van der Waals surface area contributed by atoms with Crippen molar-refractivity contribution in [1.82, 2.24) is 0 Å². The average Bonchev–Trinajstić information content (AvgIpc) is 2.44. The molecule has 0 aliphatic heterocycles. The molecule has 2 heteroatoms. The Bertz CT molecular complexity index is 522. The fraction of sp³-hybridized carbons (Fsp3) is 0.412. The van der Waals surface area contributed by atoms with E-state index in [-0.39, 0.29) is 0 Å². The molecule has 0 saturated heterocycles. The van der Waals surface area contributed by atoms with Crippen molar-refractivity contribution in [1.29, 1.82) is 0 Å². The van der Waals surface area contributed by atoms with Crippen LogP contribution >= 0.6 is 27.5 Å². The number of benzene rings is 2. The van der Waals surface area contributed by atoms with E-state index in [1.165, 1.54) is 46.5 Å². The molecule has 0 heterocycles. The number of aryl methyl sites for hydroxylation is 1. The minimum absolute atomic E-state index is 0.800. The quantitative estimate of drug-likeness (QED) is 0.408. The van der Waals surface area contributed by atoms with E-state index in [1.807, 2.05) is 0 Å². The van der Waals surface area contributed by atoms with Crippen molar-refractivity contribution >= 4 is 38.3 Å². The van der Waals surface area contributed by atoms with Crippen molar-refractivity contribution < 1.29 is 0 Å². The predicted molar refractivity (Wildman–Crippen MR) is 89.2 cm³/mol. The van der Waals surface area contributed by atoms with Crippen LogP contribution in [0.25, 0.3) is 10.8 Å². The van der Waals surface area contributed by atoms with Crippen molar-refractivity contribution in [3.8, 4) is 0 Å². The van der Waals surface area contributed by atoms with Gasteiger partial charge in [-0.1, -0.05) is 65.5 Å². The van der Waals surface area contributed by atoms with Gasteiger partial charge in [-0.3, -0.25) is 0 Å². The molecule has 2 rings (SSSR count). The van der Waals surface area contributed by atoms with Crippen molar-refractivity contribution in [2.24, 2.45) is 0 Å². The third-order valence-electron chi connectivity index (χ3n) is 3.54. The molecule has 19 heavy (non-hydrogen) atoms. The fourth-order valence-electron chi connectivity index (χ4n) is 2.49. The Kier molecular flexibility index (Phi) is 6.19. The van der Waals surface area contributed by atoms with Crippen LogP contribution in [0, 0.1) is 0 Å². The molecule has 0 aliphatic rings. The minimum atomic E-state index is 0.800. The first-order valence-corrected chi connectivity index (χ1v) is 8.38. The van der Waals surface area contributed by atoms with Gasteiger partial charge in [-0.2, -0.15) is 0 Å². The SMILES string of the molecule is ClCCCCCCCc1c(Br)ccc2ccccc12. The van der Waals surface area contributed by atoms with Crippen LogP contribution < -0.4 is 0 Å². The molecule has 0 amide bonds. The van der Waals surface area contributed by atoms with Crippen molar-refractivity contribution in [3.05, 3.63) is 46.4 Å². The van der Waals surface area contributed by atoms with E-state index in [0.29, 0.717) is 0 Å². The monoisotopic (exact) mass is 338 g/mol. The van der Waals surface area contributed by atoms with Gasteiger partial charge in [0.05, 0.1) is 0 Å². The van der Waals surface area contributed by atoms with Crippen LogP contribution in [0.2, 0.25) is 0 Å². The highest BCUT2D eigenvalue weighted by Crippen LogP contribution is 2.28. The van der Waals surface area contributed by atoms with Gasteiger partial charge in [0.15, 0.2) is 0 Å². The molecule has 0 aromatic heterocycles. The Labute approximate surface area is 129 Å². The number of unbranched alkanes of at least 4 members (excludes halogenated alkanes) is 4. The van der Waals surface area contributed by atoms with Crippen LogP contribution in [-0.2, 0) is 6.42 Å². The van der Waals surface area contributed by atoms with Crippen LogP contribution in [-0.4, -0.2) is 5.88 Å². The number of alkyl halides is 1. The average molecular weight is 340 g/mol. The zero-order chi connectivity index (χ0) is 13.5. The molecule has 0 aliphatic carbocycles. The zero-order valence-corrected chi connectivity index (χ0v) is 13.5. The van der Waals surface area contributed by atoms with E-state index in [4.69, 9.17) is 11.6 Å². The normalized spacial score (nSPS) is 11.1. The molecule has 2 aromatic rings. The second-order valence-corrected chi connectivity index (χ2v) is 6.19. The summed E-state index contributed by atoms with van der Waals surface area (Å²) in [4.78, 5) is 0. The molecule has 102 valence electrons. The lowest BCUT2D eigenvalue weighted by atomic mass is 9.99. The second-order valence-electron chi connectivity index (χ2n) is 4.95. The van der Waals surface area contributed by atoms with E-state index in [1.54, 1.807) is 0 Å². The Balaban J connectivity index is 1.98. The van der Waals surface area contributed by atoms with Crippen LogP contribution in [0.1, 0.15) is 37.7 Å². The van der Waals surface area contributed by atoms with Gasteiger partial charge in [0.1, 0.15) is 0 Å². The van der Waals surface area contributed by atoms with E-state index >= 15 is 0 Å². The van der Waals surface area contributed by atoms with Crippen LogP contribution in [0.3, 0.4) is 0 Å². The number of hydrogen-bond donors (Lipinski definition) is 0. The maximum Gasteiger partial charge on any atom is 0.0223 e. The molecule has 0 fully saturated rings. The molecule has 0 atom stereocenters. The van der Waals surface area contributed by atoms with Gasteiger partial charge in [-0.15, -0.1) is 11.6 Å². The number of rotatable bonds is 7. The third kappa shape index (κ3) is 4.22. The summed E-state index contributed by atoms with van der Waals surface area (Å²) in [5.41, 5.74) is 1.45. The maximum atomic E-state index is 5.69. The first-order chi connectivity index (χ1) is 9.33. The summed E-state index contributed by atoms with van der Waals surface area (Å²) >= 11 is 9.38. The van der Waals surface area contributed by atoms with Gasteiger partial charge in [-0.05, 0) is 41.7 Å². The van der Waals surface area contributed by atoms with E-state index in [0.717, 1.165) is 18.7 Å². The Hall–Kier alpha value is -0.530. The molecule has 0 bridgehead atoms. The molecule has 0 radical (unpaired) electrons. The lowest BCUT2D eigenvalue weighted by Crippen LogP contribution is -1.90. The summed E-state index contributed by atoms with van der Waals surface area (Å²) in [6, 6.07) is 13.0. The molecule has 0 spiro atoms. The lowest BCUT2D eigenvalue weighted by molar-refractivity contribution is 0.634. The highest BCUT2D eigenvalue weighted by molar-refractivity contribution is 9.10. The Morgan fingerprint density at radius 1 is 0.842 bits per heavy atom. The van der Waals surface area contributed by atoms with Gasteiger partial charge in [0, 0.05) is 10.4 Å². The predicted octanol–water partition coefficient (Wildman–Crippen LogP) is 6.33. The summed E-state index contributed by atoms with van der Waals surface area (Å²) < 4.78 is 1.24. The molecule has 0 nitrogen and oxygen atoms in total. The van der Waals surface area contributed by atoms with E-state index < -0.39 is 0 Å². The molecule has 2 aromatic carbocycles. The summed E-state index contributed by atoms with van der Waals surface area (Å²) in [6.07, 6.45) is 7.43. The molecular weight excluding hydrogens is 320 g/mol. The first-order valence-electron chi connectivity index (χ1n) is 7.05. The lowest BCUT2D eigenvalue weighted by Gasteiger charge is -2.09. The van der Waals surface area contributed by atoms with Gasteiger partial charge in [-0.25, -0.2) is 0 Å². The van der Waals surface area contributed by atoms with Gasteiger partial charge in [0.25, 0.3) is 0 Å². The third-order valence-corrected chi connectivity index (χ3v) is 4.55. The standard InChI is InChI=1S/C17H20BrCl/c18-17-12-11-14-8-5-6-9-15(14)16(17)10-4-2-1-3-7-13-19/h5-6,8-9,11-12H,1-4,7,10,13H2. The largest absolute Gasteiger partial charge is 0.127 e. The molecule has 0 unspecified atom stereocenters. The zero-order valence-electron chi connectivity index (χ0n) is 11.2. The highest BCUT2D eigenvalue weighted by Gasteiger charge is 2.05. The fourth-order valence-corrected chi connectivity index (χ4v) is 3.22. The number of fused-ring (bicyclic) bond motifs is 1. The molecule has 0 saturated carbocycles. The summed E-state index contributed by atoms with van der Waals surface area (Å²) in [5, 5.41) is 2.72. The van der Waals surface area contributed by atoms with Crippen LogP contribution in [0.5, 0.6) is 0 Å². The van der Waals surface area contributed by atoms with E-state index in [9.17, 15) is 0 Å². The van der Waals surface area contributed by atoms with Crippen LogP contribution in [0.15, 0.2) is 40.9 Å². The second kappa shape index (κ2) is 7.91. The van der Waals surface area contributed by atoms with Crippen LogP contribution in [0.4, 0.5) is 0 Å². The van der Waals surface area contributed by atoms with Gasteiger partial charge >= 0.3 is 0 Å². The van der Waals surface area contributed by atoms with Gasteiger partial charge in [0.2, 0.25) is 0 Å². The molecule has 0 N–H and O–H groups in total. The Morgan fingerprint density at radius 2 is 1.58 bits per heavy atom. The van der Waals surface area contributed by atoms with E-state index in [2.05, 4.69) is 52.3 Å². The highest BCUT2D eigenvalue weighted by atomic mass is 79.9. The smallest absolute Gasteiger partial charge is 0.0223 e. The van der Waals surface area contributed by atoms with Crippen molar-refractivity contribution in [3.63, 3.8) is 0 Å². The minimum Gasteiger partial charge on any atom is -0.127 e. The number of halogens is 2. The Morgan fingerprint density at radius 3 is 2.42 bits per heavy atom. The van der Waals surface area contributed by atoms with Gasteiger partial charge < -0.3 is 0 Å². The number of hydrogen-bond acceptors (Lipinski definition) is 0. The maximum absolute atomic E-state index is 5.69. The summed E-state index contributed by atoms with van der Waals surface area (Å²) in [7, 11) is 0. The van der Waals surface area contributed by atoms with Crippen molar-refractivity contribution in [2.75, 3.05) is 5.88 Å². The summed E-state index contributed by atoms with van der Waals surface area (Å²) in [6.45, 7) is 0. The summed E-state index contributed by atoms with van der Waals surface area (Å²) in [5.74, 6) is 0.800. The van der Waals surface area contributed by atoms with Crippen molar-refractivity contribution in [2.45, 2.75) is 38.5 Å². The molecular formula is C17H20BrCl.